The maximum Gasteiger partial charge on any atom is 0.490 e. The van der Waals surface area contributed by atoms with E-state index in [0.717, 1.165) is 37.7 Å². The SMILES string of the molecule is CC(C)(C)c1ccc(C(=O)Nc2ccc(Cl)cc2C(=O)Nc2ccc(F)cn2)c(OC2CCNCC2)c1.O=C(O)C(F)(F)F. The number of carboxylic acid groups (broad SMARTS) is 1. The van der Waals surface area contributed by atoms with Crippen molar-refractivity contribution in [3.05, 3.63) is 82.3 Å². The van der Waals surface area contributed by atoms with Gasteiger partial charge in [-0.2, -0.15) is 13.2 Å². The van der Waals surface area contributed by atoms with E-state index in [4.69, 9.17) is 26.2 Å². The number of hydrogen-bond donors (Lipinski definition) is 4. The quantitative estimate of drug-likeness (QED) is 0.229. The summed E-state index contributed by atoms with van der Waals surface area (Å²) in [5.41, 5.74) is 1.69. The second-order valence-corrected chi connectivity index (χ2v) is 11.2. The number of nitrogens with one attached hydrogen (secondary N) is 3. The molecule has 0 aliphatic carbocycles. The Bertz CT molecular complexity index is 1490. The minimum absolute atomic E-state index is 0.00287. The molecule has 0 bridgehead atoms. The number of carbonyl (C=O) groups is 3. The van der Waals surface area contributed by atoms with Crippen LogP contribution in [0.15, 0.2) is 54.7 Å². The van der Waals surface area contributed by atoms with Gasteiger partial charge in [0.2, 0.25) is 0 Å². The number of amides is 2. The molecule has 4 N–H and O–H groups in total. The average molecular weight is 639 g/mol. The number of carbonyl (C=O) groups excluding carboxylic acids is 2. The van der Waals surface area contributed by atoms with Crippen LogP contribution in [-0.2, 0) is 10.2 Å². The Hall–Kier alpha value is -4.23. The van der Waals surface area contributed by atoms with Crippen LogP contribution in [0.4, 0.5) is 29.1 Å². The van der Waals surface area contributed by atoms with Gasteiger partial charge in [0.25, 0.3) is 11.8 Å². The van der Waals surface area contributed by atoms with E-state index >= 15 is 0 Å². The number of aromatic nitrogens is 1. The topological polar surface area (TPSA) is 130 Å². The number of piperidine rings is 1. The minimum atomic E-state index is -5.08. The second-order valence-electron chi connectivity index (χ2n) is 10.8. The van der Waals surface area contributed by atoms with Crippen molar-refractivity contribution >= 4 is 40.9 Å². The zero-order chi connectivity index (χ0) is 32.7. The molecule has 2 aromatic carbocycles. The smallest absolute Gasteiger partial charge is 0.489 e. The first-order chi connectivity index (χ1) is 20.5. The van der Waals surface area contributed by atoms with Crippen molar-refractivity contribution in [2.45, 2.75) is 51.3 Å². The molecular weight excluding hydrogens is 608 g/mol. The minimum Gasteiger partial charge on any atom is -0.489 e. The van der Waals surface area contributed by atoms with Crippen LogP contribution in [0.5, 0.6) is 5.75 Å². The molecule has 0 spiro atoms. The molecule has 1 aliphatic rings. The molecule has 1 saturated heterocycles. The Kier molecular flexibility index (Phi) is 11.3. The molecule has 0 unspecified atom stereocenters. The van der Waals surface area contributed by atoms with Crippen molar-refractivity contribution < 1.29 is 41.8 Å². The Morgan fingerprint density at radius 2 is 1.59 bits per heavy atom. The van der Waals surface area contributed by atoms with Crippen LogP contribution < -0.4 is 20.7 Å². The zero-order valence-electron chi connectivity index (χ0n) is 24.0. The second kappa shape index (κ2) is 14.5. The molecule has 2 amide bonds. The zero-order valence-corrected chi connectivity index (χ0v) is 24.8. The van der Waals surface area contributed by atoms with Gasteiger partial charge >= 0.3 is 12.1 Å². The number of carboxylic acids is 1. The largest absolute Gasteiger partial charge is 0.490 e. The highest BCUT2D eigenvalue weighted by Gasteiger charge is 2.38. The molecule has 0 atom stereocenters. The number of anilines is 2. The lowest BCUT2D eigenvalue weighted by molar-refractivity contribution is -0.192. The molecule has 3 aromatic rings. The number of nitrogens with zero attached hydrogens (tertiary/aromatic N) is 1. The van der Waals surface area contributed by atoms with Crippen LogP contribution in [0.1, 0.15) is 59.9 Å². The number of benzene rings is 2. The summed E-state index contributed by atoms with van der Waals surface area (Å²) < 4.78 is 51.2. The lowest BCUT2D eigenvalue weighted by atomic mass is 9.86. The molecule has 1 fully saturated rings. The van der Waals surface area contributed by atoms with E-state index in [9.17, 15) is 27.2 Å². The van der Waals surface area contributed by atoms with Gasteiger partial charge in [-0.1, -0.05) is 38.4 Å². The fraction of sp³-hybridized carbons (Fsp3) is 0.333. The van der Waals surface area contributed by atoms with E-state index in [1.54, 1.807) is 18.2 Å². The maximum absolute atomic E-state index is 13.5. The first-order valence-corrected chi connectivity index (χ1v) is 13.8. The fourth-order valence-electron chi connectivity index (χ4n) is 4.00. The molecule has 44 heavy (non-hydrogen) atoms. The van der Waals surface area contributed by atoms with Crippen LogP contribution in [-0.4, -0.2) is 53.2 Å². The van der Waals surface area contributed by atoms with Gasteiger partial charge in [-0.15, -0.1) is 0 Å². The monoisotopic (exact) mass is 638 g/mol. The van der Waals surface area contributed by atoms with Crippen molar-refractivity contribution in [1.82, 2.24) is 10.3 Å². The Morgan fingerprint density at radius 3 is 2.16 bits per heavy atom. The summed E-state index contributed by atoms with van der Waals surface area (Å²) in [6.45, 7) is 8.02. The lowest BCUT2D eigenvalue weighted by Gasteiger charge is -2.27. The summed E-state index contributed by atoms with van der Waals surface area (Å²) in [4.78, 5) is 39.2. The highest BCUT2D eigenvalue weighted by atomic mass is 35.5. The van der Waals surface area contributed by atoms with Gasteiger partial charge < -0.3 is 25.8 Å². The van der Waals surface area contributed by atoms with Crippen LogP contribution in [0.3, 0.4) is 0 Å². The molecule has 2 heterocycles. The van der Waals surface area contributed by atoms with Crippen LogP contribution >= 0.6 is 11.6 Å². The van der Waals surface area contributed by atoms with E-state index in [-0.39, 0.29) is 28.6 Å². The van der Waals surface area contributed by atoms with Gasteiger partial charge in [0.05, 0.1) is 23.0 Å². The Balaban J connectivity index is 0.000000676. The standard InChI is InChI=1S/C28H30ClFN4O3.C2HF3O2/c1-28(2,3)17-4-7-21(24(14-17)37-20-10-12-31-13-11-20)26(35)33-23-8-5-18(29)15-22(23)27(36)34-25-9-6-19(30)16-32-25;3-2(4,5)1(6)7/h4-9,14-16,20,31H,10-13H2,1-3H3,(H,33,35)(H,32,34,36);(H,6,7). The number of pyridine rings is 1. The molecule has 0 saturated carbocycles. The third-order valence-corrected chi connectivity index (χ3v) is 6.59. The van der Waals surface area contributed by atoms with E-state index in [2.05, 4.69) is 41.7 Å². The van der Waals surface area contributed by atoms with Gasteiger partial charge in [-0.25, -0.2) is 14.2 Å². The van der Waals surface area contributed by atoms with Crippen molar-refractivity contribution in [2.24, 2.45) is 0 Å². The highest BCUT2D eigenvalue weighted by molar-refractivity contribution is 6.31. The van der Waals surface area contributed by atoms with Crippen molar-refractivity contribution in [1.29, 1.82) is 0 Å². The molecule has 1 aliphatic heterocycles. The van der Waals surface area contributed by atoms with Crippen molar-refractivity contribution in [3.63, 3.8) is 0 Å². The number of halogens is 5. The summed E-state index contributed by atoms with van der Waals surface area (Å²) in [5.74, 6) is -3.57. The van der Waals surface area contributed by atoms with E-state index in [1.807, 2.05) is 12.1 Å². The molecular formula is C30H31ClF4N4O5. The van der Waals surface area contributed by atoms with E-state index in [0.29, 0.717) is 16.3 Å². The first kappa shape index (κ1) is 34.3. The highest BCUT2D eigenvalue weighted by Crippen LogP contribution is 2.31. The summed E-state index contributed by atoms with van der Waals surface area (Å²) >= 11 is 6.15. The number of aliphatic carboxylic acids is 1. The number of alkyl halides is 3. The molecule has 9 nitrogen and oxygen atoms in total. The molecule has 1 aromatic heterocycles. The Morgan fingerprint density at radius 1 is 0.955 bits per heavy atom. The van der Waals surface area contributed by atoms with Crippen LogP contribution in [0.25, 0.3) is 0 Å². The predicted molar refractivity (Wildman–Crippen MR) is 157 cm³/mol. The van der Waals surface area contributed by atoms with Crippen molar-refractivity contribution in [2.75, 3.05) is 23.7 Å². The van der Waals surface area contributed by atoms with Gasteiger partial charge in [0.1, 0.15) is 23.5 Å². The predicted octanol–water partition coefficient (Wildman–Crippen LogP) is 6.44. The maximum atomic E-state index is 13.5. The van der Waals surface area contributed by atoms with Gasteiger partial charge in [-0.3, -0.25) is 9.59 Å². The molecule has 236 valence electrons. The van der Waals surface area contributed by atoms with Crippen LogP contribution in [0, 0.1) is 5.82 Å². The summed E-state index contributed by atoms with van der Waals surface area (Å²) in [6.07, 6.45) is -2.39. The summed E-state index contributed by atoms with van der Waals surface area (Å²) in [5, 5.41) is 16.2. The van der Waals surface area contributed by atoms with E-state index < -0.39 is 29.8 Å². The number of rotatable bonds is 6. The third kappa shape index (κ3) is 9.91. The first-order valence-electron chi connectivity index (χ1n) is 13.4. The number of ether oxygens (including phenoxy) is 1. The van der Waals surface area contributed by atoms with Crippen molar-refractivity contribution in [3.8, 4) is 5.75 Å². The van der Waals surface area contributed by atoms with Gasteiger partial charge in [-0.05, 0) is 79.4 Å². The summed E-state index contributed by atoms with van der Waals surface area (Å²) in [7, 11) is 0. The lowest BCUT2D eigenvalue weighted by Crippen LogP contribution is -2.34. The Labute approximate surface area is 256 Å². The molecule has 14 heteroatoms. The molecule has 0 radical (unpaired) electrons. The molecule has 4 rings (SSSR count). The van der Waals surface area contributed by atoms with Gasteiger partial charge in [0.15, 0.2) is 0 Å². The third-order valence-electron chi connectivity index (χ3n) is 6.36. The van der Waals surface area contributed by atoms with Crippen LogP contribution in [0.2, 0.25) is 5.02 Å². The van der Waals surface area contributed by atoms with Gasteiger partial charge in [0, 0.05) is 5.02 Å². The van der Waals surface area contributed by atoms with E-state index in [1.165, 1.54) is 18.2 Å². The normalized spacial score (nSPS) is 13.7. The average Bonchev–Trinajstić information content (AvgIpc) is 2.95. The number of hydrogen-bond acceptors (Lipinski definition) is 6. The fourth-order valence-corrected chi connectivity index (χ4v) is 4.18. The summed E-state index contributed by atoms with van der Waals surface area (Å²) in [6, 6.07) is 12.7.